The molecule has 0 radical (unpaired) electrons. The van der Waals surface area contributed by atoms with Crippen molar-refractivity contribution < 1.29 is 9.53 Å². The number of carbonyl (C=O) groups excluding carboxylic acids is 1. The van der Waals surface area contributed by atoms with Gasteiger partial charge >= 0.3 is 0 Å². The SMILES string of the molecule is COC1CCC(N2CCCC(Br)C2=O)C1. The van der Waals surface area contributed by atoms with Crippen molar-refractivity contribution in [2.24, 2.45) is 0 Å². The van der Waals surface area contributed by atoms with E-state index in [1.807, 2.05) is 0 Å². The van der Waals surface area contributed by atoms with E-state index >= 15 is 0 Å². The molecule has 0 aromatic rings. The summed E-state index contributed by atoms with van der Waals surface area (Å²) in [4.78, 5) is 14.1. The summed E-state index contributed by atoms with van der Waals surface area (Å²) in [5.41, 5.74) is 0. The number of ether oxygens (including phenoxy) is 1. The molecule has 0 bridgehead atoms. The van der Waals surface area contributed by atoms with E-state index in [1.165, 1.54) is 0 Å². The lowest BCUT2D eigenvalue weighted by atomic mass is 10.1. The van der Waals surface area contributed by atoms with Gasteiger partial charge in [0.05, 0.1) is 10.9 Å². The summed E-state index contributed by atoms with van der Waals surface area (Å²) in [6.07, 6.45) is 5.67. The number of hydrogen-bond acceptors (Lipinski definition) is 2. The van der Waals surface area contributed by atoms with Gasteiger partial charge < -0.3 is 9.64 Å². The van der Waals surface area contributed by atoms with Crippen molar-refractivity contribution in [1.82, 2.24) is 4.90 Å². The number of amides is 1. The molecule has 1 aliphatic carbocycles. The molecule has 1 saturated heterocycles. The molecule has 1 amide bonds. The summed E-state index contributed by atoms with van der Waals surface area (Å²) in [6.45, 7) is 0.933. The van der Waals surface area contributed by atoms with E-state index in [0.29, 0.717) is 12.1 Å². The second kappa shape index (κ2) is 4.83. The Bertz CT molecular complexity index is 247. The fourth-order valence-electron chi connectivity index (χ4n) is 2.63. The second-order valence-electron chi connectivity index (χ2n) is 4.47. The van der Waals surface area contributed by atoms with E-state index in [2.05, 4.69) is 20.8 Å². The van der Waals surface area contributed by atoms with Gasteiger partial charge in [-0.15, -0.1) is 0 Å². The topological polar surface area (TPSA) is 29.5 Å². The maximum absolute atomic E-state index is 11.9. The van der Waals surface area contributed by atoms with E-state index < -0.39 is 0 Å². The van der Waals surface area contributed by atoms with Crippen LogP contribution in [0.1, 0.15) is 32.1 Å². The van der Waals surface area contributed by atoms with Gasteiger partial charge in [0.15, 0.2) is 0 Å². The third-order valence-electron chi connectivity index (χ3n) is 3.54. The Balaban J connectivity index is 1.95. The van der Waals surface area contributed by atoms with Crippen LogP contribution in [0.3, 0.4) is 0 Å². The highest BCUT2D eigenvalue weighted by Crippen LogP contribution is 2.30. The summed E-state index contributed by atoms with van der Waals surface area (Å²) in [6, 6.07) is 0.419. The molecule has 3 atom stereocenters. The van der Waals surface area contributed by atoms with Gasteiger partial charge in [-0.05, 0) is 32.1 Å². The molecular weight excluding hydrogens is 258 g/mol. The van der Waals surface area contributed by atoms with Gasteiger partial charge in [-0.2, -0.15) is 0 Å². The molecule has 2 rings (SSSR count). The number of hydrogen-bond donors (Lipinski definition) is 0. The number of alkyl halides is 1. The van der Waals surface area contributed by atoms with E-state index in [4.69, 9.17) is 4.74 Å². The lowest BCUT2D eigenvalue weighted by Gasteiger charge is -2.34. The Kier molecular flexibility index (Phi) is 3.67. The van der Waals surface area contributed by atoms with Crippen molar-refractivity contribution in [3.05, 3.63) is 0 Å². The predicted molar refractivity (Wildman–Crippen MR) is 62.1 cm³/mol. The number of rotatable bonds is 2. The lowest BCUT2D eigenvalue weighted by molar-refractivity contribution is -0.134. The Labute approximate surface area is 99.3 Å². The fraction of sp³-hybridized carbons (Fsp3) is 0.909. The Morgan fingerprint density at radius 2 is 2.20 bits per heavy atom. The molecule has 15 heavy (non-hydrogen) atoms. The average Bonchev–Trinajstić information content (AvgIpc) is 2.70. The van der Waals surface area contributed by atoms with Crippen molar-refractivity contribution in [1.29, 1.82) is 0 Å². The summed E-state index contributed by atoms with van der Waals surface area (Å²) in [5.74, 6) is 0.281. The van der Waals surface area contributed by atoms with Crippen molar-refractivity contribution in [3.8, 4) is 0 Å². The molecule has 0 aromatic heterocycles. The van der Waals surface area contributed by atoms with Crippen molar-refractivity contribution in [2.75, 3.05) is 13.7 Å². The van der Waals surface area contributed by atoms with Gasteiger partial charge in [0.1, 0.15) is 0 Å². The minimum absolute atomic E-state index is 0.0489. The number of halogens is 1. The van der Waals surface area contributed by atoms with Crippen LogP contribution in [0.4, 0.5) is 0 Å². The van der Waals surface area contributed by atoms with Crippen LogP contribution in [0, 0.1) is 0 Å². The number of piperidine rings is 1. The molecule has 0 N–H and O–H groups in total. The van der Waals surface area contributed by atoms with Crippen LogP contribution in [-0.2, 0) is 9.53 Å². The largest absolute Gasteiger partial charge is 0.381 e. The van der Waals surface area contributed by atoms with Gasteiger partial charge in [0.25, 0.3) is 0 Å². The van der Waals surface area contributed by atoms with Crippen LogP contribution in [0.5, 0.6) is 0 Å². The van der Waals surface area contributed by atoms with E-state index in [0.717, 1.165) is 38.6 Å². The first kappa shape index (κ1) is 11.4. The molecule has 86 valence electrons. The highest BCUT2D eigenvalue weighted by Gasteiger charge is 2.35. The van der Waals surface area contributed by atoms with Crippen LogP contribution in [0.25, 0.3) is 0 Å². The third-order valence-corrected chi connectivity index (χ3v) is 4.39. The molecule has 3 unspecified atom stereocenters. The molecule has 1 heterocycles. The van der Waals surface area contributed by atoms with Crippen LogP contribution in [-0.4, -0.2) is 41.4 Å². The normalized spacial score (nSPS) is 37.3. The summed E-state index contributed by atoms with van der Waals surface area (Å²) < 4.78 is 5.34. The van der Waals surface area contributed by atoms with Crippen LogP contribution in [0.2, 0.25) is 0 Å². The first-order valence-electron chi connectivity index (χ1n) is 5.69. The van der Waals surface area contributed by atoms with Crippen molar-refractivity contribution in [2.45, 2.75) is 49.1 Å². The predicted octanol–water partition coefficient (Wildman–Crippen LogP) is 1.94. The summed E-state index contributed by atoms with van der Waals surface area (Å²) in [7, 11) is 1.76. The zero-order chi connectivity index (χ0) is 10.8. The minimum Gasteiger partial charge on any atom is -0.381 e. The zero-order valence-corrected chi connectivity index (χ0v) is 10.7. The molecule has 3 nitrogen and oxygen atoms in total. The number of nitrogens with zero attached hydrogens (tertiary/aromatic N) is 1. The summed E-state index contributed by atoms with van der Waals surface area (Å²) >= 11 is 3.45. The minimum atomic E-state index is 0.0489. The quantitative estimate of drug-likeness (QED) is 0.721. The monoisotopic (exact) mass is 275 g/mol. The van der Waals surface area contributed by atoms with Crippen molar-refractivity contribution in [3.63, 3.8) is 0 Å². The van der Waals surface area contributed by atoms with Crippen LogP contribution < -0.4 is 0 Å². The second-order valence-corrected chi connectivity index (χ2v) is 5.57. The molecular formula is C11H18BrNO2. The molecule has 0 spiro atoms. The lowest BCUT2D eigenvalue weighted by Crippen LogP contribution is -2.47. The molecule has 1 aliphatic heterocycles. The van der Waals surface area contributed by atoms with E-state index in [-0.39, 0.29) is 10.7 Å². The maximum atomic E-state index is 11.9. The molecule has 1 saturated carbocycles. The van der Waals surface area contributed by atoms with E-state index in [9.17, 15) is 4.79 Å². The average molecular weight is 276 g/mol. The fourth-order valence-corrected chi connectivity index (χ4v) is 3.22. The first-order chi connectivity index (χ1) is 7.22. The standard InChI is InChI=1S/C11H18BrNO2/c1-15-9-5-4-8(7-9)13-6-2-3-10(12)11(13)14/h8-10H,2-7H2,1H3. The maximum Gasteiger partial charge on any atom is 0.236 e. The number of likely N-dealkylation sites (tertiary alicyclic amines) is 1. The van der Waals surface area contributed by atoms with Gasteiger partial charge in [-0.1, -0.05) is 15.9 Å². The molecule has 0 aromatic carbocycles. The Hall–Kier alpha value is -0.0900. The van der Waals surface area contributed by atoms with Gasteiger partial charge in [0, 0.05) is 19.7 Å². The van der Waals surface area contributed by atoms with Crippen molar-refractivity contribution >= 4 is 21.8 Å². The smallest absolute Gasteiger partial charge is 0.236 e. The van der Waals surface area contributed by atoms with Crippen LogP contribution in [0.15, 0.2) is 0 Å². The molecule has 4 heteroatoms. The zero-order valence-electron chi connectivity index (χ0n) is 9.12. The van der Waals surface area contributed by atoms with E-state index in [1.54, 1.807) is 7.11 Å². The molecule has 2 fully saturated rings. The van der Waals surface area contributed by atoms with Crippen LogP contribution >= 0.6 is 15.9 Å². The Morgan fingerprint density at radius 3 is 2.87 bits per heavy atom. The molecule has 2 aliphatic rings. The first-order valence-corrected chi connectivity index (χ1v) is 6.61. The summed E-state index contributed by atoms with van der Waals surface area (Å²) in [5, 5.41) is 0. The van der Waals surface area contributed by atoms with Gasteiger partial charge in [-0.25, -0.2) is 0 Å². The number of carbonyl (C=O) groups is 1. The van der Waals surface area contributed by atoms with Gasteiger partial charge in [0.2, 0.25) is 5.91 Å². The highest BCUT2D eigenvalue weighted by molar-refractivity contribution is 9.10. The number of methoxy groups -OCH3 is 1. The Morgan fingerprint density at radius 1 is 1.40 bits per heavy atom. The highest BCUT2D eigenvalue weighted by atomic mass is 79.9. The third kappa shape index (κ3) is 2.36. The van der Waals surface area contributed by atoms with Gasteiger partial charge in [-0.3, -0.25) is 4.79 Å².